The third kappa shape index (κ3) is 3.27. The summed E-state index contributed by atoms with van der Waals surface area (Å²) in [4.78, 5) is 21.9. The molecule has 0 aliphatic rings. The van der Waals surface area contributed by atoms with Crippen LogP contribution in [0.4, 0.5) is 20.2 Å². The summed E-state index contributed by atoms with van der Waals surface area (Å²) in [7, 11) is 0. The number of carbonyl (C=O) groups is 1. The Morgan fingerprint density at radius 3 is 2.50 bits per heavy atom. The second kappa shape index (κ2) is 5.91. The van der Waals surface area contributed by atoms with Gasteiger partial charge in [0, 0.05) is 6.07 Å². The van der Waals surface area contributed by atoms with Gasteiger partial charge in [0.1, 0.15) is 0 Å². The number of nitrogens with one attached hydrogen (secondary N) is 2. The van der Waals surface area contributed by atoms with Crippen LogP contribution >= 0.6 is 0 Å². The van der Waals surface area contributed by atoms with E-state index in [9.17, 15) is 23.7 Å². The Labute approximate surface area is 114 Å². The minimum absolute atomic E-state index is 0.466. The van der Waals surface area contributed by atoms with E-state index in [-0.39, 0.29) is 0 Å². The fraction of sp³-hybridized carbons (Fsp3) is 0.417. The molecule has 1 rings (SSSR count). The summed E-state index contributed by atoms with van der Waals surface area (Å²) in [6.07, 6.45) is 0. The number of anilines is 1. The van der Waals surface area contributed by atoms with E-state index in [2.05, 4.69) is 10.6 Å². The molecule has 0 aliphatic carbocycles. The molecule has 0 fully saturated rings. The average molecular weight is 287 g/mol. The Kier molecular flexibility index (Phi) is 4.72. The molecule has 0 aromatic heterocycles. The summed E-state index contributed by atoms with van der Waals surface area (Å²) < 4.78 is 26.8. The van der Waals surface area contributed by atoms with E-state index in [0.29, 0.717) is 12.6 Å². The predicted octanol–water partition coefficient (Wildman–Crippen LogP) is 2.20. The standard InChI is InChI=1S/C12H15F2N3O3/c1-4-15-12(2,3)11(18)16-10-8(17(19)20)6-5-7(13)9(10)14/h5-6,15H,4H2,1-3H3,(H,16,18). The van der Waals surface area contributed by atoms with Crippen LogP contribution in [0.2, 0.25) is 0 Å². The van der Waals surface area contributed by atoms with Crippen LogP contribution < -0.4 is 10.6 Å². The molecule has 0 saturated heterocycles. The molecule has 0 unspecified atom stereocenters. The van der Waals surface area contributed by atoms with Gasteiger partial charge < -0.3 is 10.6 Å². The molecule has 0 radical (unpaired) electrons. The summed E-state index contributed by atoms with van der Waals surface area (Å²) in [5.41, 5.74) is -2.56. The number of carbonyl (C=O) groups excluding carboxylic acids is 1. The first-order valence-corrected chi connectivity index (χ1v) is 5.89. The molecule has 110 valence electrons. The van der Waals surface area contributed by atoms with Crippen LogP contribution in [0.15, 0.2) is 12.1 Å². The molecule has 0 heterocycles. The van der Waals surface area contributed by atoms with Crippen molar-refractivity contribution in [2.45, 2.75) is 26.3 Å². The lowest BCUT2D eigenvalue weighted by atomic mass is 10.0. The minimum Gasteiger partial charge on any atom is -0.316 e. The SMILES string of the molecule is CCNC(C)(C)C(=O)Nc1c([N+](=O)[O-])ccc(F)c1F. The van der Waals surface area contributed by atoms with Crippen molar-refractivity contribution >= 4 is 17.3 Å². The summed E-state index contributed by atoms with van der Waals surface area (Å²) in [5, 5.41) is 15.7. The van der Waals surface area contributed by atoms with Crippen LogP contribution in [0.5, 0.6) is 0 Å². The number of amides is 1. The van der Waals surface area contributed by atoms with E-state index < -0.39 is 39.4 Å². The first-order chi connectivity index (χ1) is 9.20. The van der Waals surface area contributed by atoms with E-state index in [0.717, 1.165) is 6.07 Å². The Hall–Kier alpha value is -2.09. The number of benzene rings is 1. The molecule has 1 aromatic rings. The fourth-order valence-corrected chi connectivity index (χ4v) is 1.60. The molecule has 0 bridgehead atoms. The molecule has 0 spiro atoms. The van der Waals surface area contributed by atoms with Crippen molar-refractivity contribution in [2.24, 2.45) is 0 Å². The van der Waals surface area contributed by atoms with Gasteiger partial charge >= 0.3 is 0 Å². The van der Waals surface area contributed by atoms with Gasteiger partial charge in [-0.1, -0.05) is 6.92 Å². The molecule has 1 aromatic carbocycles. The van der Waals surface area contributed by atoms with Crippen molar-refractivity contribution in [3.05, 3.63) is 33.9 Å². The number of nitrogens with zero attached hydrogens (tertiary/aromatic N) is 1. The van der Waals surface area contributed by atoms with Gasteiger partial charge in [-0.15, -0.1) is 0 Å². The van der Waals surface area contributed by atoms with Gasteiger partial charge in [-0.3, -0.25) is 14.9 Å². The Morgan fingerprint density at radius 1 is 1.40 bits per heavy atom. The summed E-state index contributed by atoms with van der Waals surface area (Å²) in [5.74, 6) is -3.43. The lowest BCUT2D eigenvalue weighted by molar-refractivity contribution is -0.384. The maximum absolute atomic E-state index is 13.6. The van der Waals surface area contributed by atoms with Gasteiger partial charge in [-0.2, -0.15) is 0 Å². The lowest BCUT2D eigenvalue weighted by Gasteiger charge is -2.24. The smallest absolute Gasteiger partial charge is 0.296 e. The second-order valence-corrected chi connectivity index (χ2v) is 4.62. The third-order valence-electron chi connectivity index (χ3n) is 2.69. The topological polar surface area (TPSA) is 84.3 Å². The quantitative estimate of drug-likeness (QED) is 0.642. The zero-order valence-electron chi connectivity index (χ0n) is 11.3. The molecule has 20 heavy (non-hydrogen) atoms. The maximum Gasteiger partial charge on any atom is 0.296 e. The van der Waals surface area contributed by atoms with Gasteiger partial charge in [-0.05, 0) is 26.5 Å². The molecule has 6 nitrogen and oxygen atoms in total. The number of nitro groups is 1. The third-order valence-corrected chi connectivity index (χ3v) is 2.69. The van der Waals surface area contributed by atoms with Crippen molar-refractivity contribution in [2.75, 3.05) is 11.9 Å². The van der Waals surface area contributed by atoms with Crippen LogP contribution in [-0.4, -0.2) is 22.9 Å². The normalized spacial score (nSPS) is 11.2. The molecule has 2 N–H and O–H groups in total. The summed E-state index contributed by atoms with van der Waals surface area (Å²) in [6, 6.07) is 1.44. The molecular formula is C12H15F2N3O3. The highest BCUT2D eigenvalue weighted by Crippen LogP contribution is 2.29. The minimum atomic E-state index is -1.46. The number of nitro benzene ring substituents is 1. The largest absolute Gasteiger partial charge is 0.316 e. The molecule has 0 saturated carbocycles. The van der Waals surface area contributed by atoms with Crippen molar-refractivity contribution in [1.29, 1.82) is 0 Å². The van der Waals surface area contributed by atoms with E-state index >= 15 is 0 Å². The van der Waals surface area contributed by atoms with Crippen molar-refractivity contribution in [1.82, 2.24) is 5.32 Å². The zero-order chi connectivity index (χ0) is 15.5. The van der Waals surface area contributed by atoms with Crippen LogP contribution in [0.1, 0.15) is 20.8 Å². The summed E-state index contributed by atoms with van der Waals surface area (Å²) >= 11 is 0. The molecule has 8 heteroatoms. The molecule has 1 amide bonds. The van der Waals surface area contributed by atoms with Crippen molar-refractivity contribution < 1.29 is 18.5 Å². The summed E-state index contributed by atoms with van der Waals surface area (Å²) in [6.45, 7) is 5.28. The highest BCUT2D eigenvalue weighted by molar-refractivity contribution is 5.99. The van der Waals surface area contributed by atoms with Crippen LogP contribution in [0.3, 0.4) is 0 Å². The number of likely N-dealkylation sites (N-methyl/N-ethyl adjacent to an activating group) is 1. The van der Waals surface area contributed by atoms with Crippen LogP contribution in [0, 0.1) is 21.7 Å². The van der Waals surface area contributed by atoms with Crippen LogP contribution in [-0.2, 0) is 4.79 Å². The Balaban J connectivity index is 3.17. The molecular weight excluding hydrogens is 272 g/mol. The molecule has 0 atom stereocenters. The highest BCUT2D eigenvalue weighted by Gasteiger charge is 2.30. The number of halogens is 2. The number of rotatable bonds is 5. The second-order valence-electron chi connectivity index (χ2n) is 4.62. The lowest BCUT2D eigenvalue weighted by Crippen LogP contribution is -2.49. The predicted molar refractivity (Wildman–Crippen MR) is 69.4 cm³/mol. The average Bonchev–Trinajstić information content (AvgIpc) is 2.34. The Bertz CT molecular complexity index is 547. The number of hydrogen-bond acceptors (Lipinski definition) is 4. The first kappa shape index (κ1) is 16.0. The van der Waals surface area contributed by atoms with E-state index in [1.54, 1.807) is 6.92 Å². The van der Waals surface area contributed by atoms with Gasteiger partial charge in [-0.25, -0.2) is 8.78 Å². The maximum atomic E-state index is 13.6. The molecule has 0 aliphatic heterocycles. The van der Waals surface area contributed by atoms with Gasteiger partial charge in [0.15, 0.2) is 17.3 Å². The van der Waals surface area contributed by atoms with Gasteiger partial charge in [0.25, 0.3) is 5.69 Å². The van der Waals surface area contributed by atoms with Crippen molar-refractivity contribution in [3.8, 4) is 0 Å². The fourth-order valence-electron chi connectivity index (χ4n) is 1.60. The monoisotopic (exact) mass is 287 g/mol. The highest BCUT2D eigenvalue weighted by atomic mass is 19.2. The van der Waals surface area contributed by atoms with Gasteiger partial charge in [0.05, 0.1) is 10.5 Å². The van der Waals surface area contributed by atoms with E-state index in [4.69, 9.17) is 0 Å². The van der Waals surface area contributed by atoms with Crippen LogP contribution in [0.25, 0.3) is 0 Å². The van der Waals surface area contributed by atoms with Crippen molar-refractivity contribution in [3.63, 3.8) is 0 Å². The van der Waals surface area contributed by atoms with E-state index in [1.807, 2.05) is 0 Å². The number of hydrogen-bond donors (Lipinski definition) is 2. The Morgan fingerprint density at radius 2 is 2.00 bits per heavy atom. The van der Waals surface area contributed by atoms with E-state index in [1.165, 1.54) is 13.8 Å². The zero-order valence-corrected chi connectivity index (χ0v) is 11.3. The van der Waals surface area contributed by atoms with Gasteiger partial charge in [0.2, 0.25) is 5.91 Å². The first-order valence-electron chi connectivity index (χ1n) is 5.89.